The first-order valence-corrected chi connectivity index (χ1v) is 7.79. The highest BCUT2D eigenvalue weighted by atomic mass is 79.9. The first kappa shape index (κ1) is 15.9. The van der Waals surface area contributed by atoms with Crippen molar-refractivity contribution in [1.29, 1.82) is 0 Å². The Balaban J connectivity index is 2.18. The highest BCUT2D eigenvalue weighted by Crippen LogP contribution is 2.23. The van der Waals surface area contributed by atoms with Crippen LogP contribution in [0.3, 0.4) is 0 Å². The molecule has 0 spiro atoms. The predicted octanol–water partition coefficient (Wildman–Crippen LogP) is 4.57. The zero-order valence-electron chi connectivity index (χ0n) is 11.6. The van der Waals surface area contributed by atoms with Gasteiger partial charge in [-0.25, -0.2) is 0 Å². The molecule has 2 rings (SSSR count). The van der Waals surface area contributed by atoms with Crippen molar-refractivity contribution in [2.24, 2.45) is 0 Å². The third-order valence-electron chi connectivity index (χ3n) is 3.22. The van der Waals surface area contributed by atoms with Crippen molar-refractivity contribution in [2.75, 3.05) is 5.73 Å². The zero-order chi connectivity index (χ0) is 15.4. The van der Waals surface area contributed by atoms with E-state index in [9.17, 15) is 4.79 Å². The summed E-state index contributed by atoms with van der Waals surface area (Å²) in [7, 11) is 0. The standard InChI is InChI=1S/C16H16BrClN2O/c1-2-15(10-4-3-5-12(18)8-10)20-16(21)11-6-7-13(17)14(19)9-11/h3-9,15H,2,19H2,1H3,(H,20,21). The maximum atomic E-state index is 12.3. The van der Waals surface area contributed by atoms with Gasteiger partial charge in [0.25, 0.3) is 5.91 Å². The van der Waals surface area contributed by atoms with E-state index in [4.69, 9.17) is 17.3 Å². The number of carbonyl (C=O) groups excluding carboxylic acids is 1. The lowest BCUT2D eigenvalue weighted by molar-refractivity contribution is 0.0935. The third kappa shape index (κ3) is 3.99. The van der Waals surface area contributed by atoms with Crippen LogP contribution in [0.15, 0.2) is 46.9 Å². The lowest BCUT2D eigenvalue weighted by Crippen LogP contribution is -2.28. The number of halogens is 2. The Hall–Kier alpha value is -1.52. The van der Waals surface area contributed by atoms with Crippen molar-refractivity contribution in [2.45, 2.75) is 19.4 Å². The Morgan fingerprint density at radius 3 is 2.71 bits per heavy atom. The van der Waals surface area contributed by atoms with Crippen LogP contribution >= 0.6 is 27.5 Å². The SMILES string of the molecule is CCC(NC(=O)c1ccc(Br)c(N)c1)c1cccc(Cl)c1. The fourth-order valence-corrected chi connectivity index (χ4v) is 2.52. The van der Waals surface area contributed by atoms with E-state index in [1.807, 2.05) is 31.2 Å². The average molecular weight is 368 g/mol. The molecule has 3 nitrogen and oxygen atoms in total. The molecular formula is C16H16BrClN2O. The molecular weight excluding hydrogens is 352 g/mol. The number of hydrogen-bond acceptors (Lipinski definition) is 2. The van der Waals surface area contributed by atoms with Crippen LogP contribution in [0.1, 0.15) is 35.3 Å². The number of amides is 1. The molecule has 5 heteroatoms. The average Bonchev–Trinajstić information content (AvgIpc) is 2.47. The molecule has 0 aliphatic carbocycles. The van der Waals surface area contributed by atoms with Crippen molar-refractivity contribution in [3.63, 3.8) is 0 Å². The lowest BCUT2D eigenvalue weighted by Gasteiger charge is -2.18. The molecule has 1 unspecified atom stereocenters. The van der Waals surface area contributed by atoms with Crippen molar-refractivity contribution < 1.29 is 4.79 Å². The predicted molar refractivity (Wildman–Crippen MR) is 90.5 cm³/mol. The molecule has 0 radical (unpaired) electrons. The second-order valence-electron chi connectivity index (χ2n) is 4.73. The largest absolute Gasteiger partial charge is 0.398 e. The third-order valence-corrected chi connectivity index (χ3v) is 4.18. The molecule has 2 aromatic rings. The van der Waals surface area contributed by atoms with Crippen molar-refractivity contribution in [3.05, 3.63) is 63.1 Å². The molecule has 110 valence electrons. The van der Waals surface area contributed by atoms with Crippen LogP contribution in [0, 0.1) is 0 Å². The van der Waals surface area contributed by atoms with Gasteiger partial charge in [0, 0.05) is 20.7 Å². The topological polar surface area (TPSA) is 55.1 Å². The summed E-state index contributed by atoms with van der Waals surface area (Å²) >= 11 is 9.32. The van der Waals surface area contributed by atoms with E-state index in [0.29, 0.717) is 16.3 Å². The summed E-state index contributed by atoms with van der Waals surface area (Å²) < 4.78 is 0.779. The van der Waals surface area contributed by atoms with Crippen LogP contribution in [0.2, 0.25) is 5.02 Å². The van der Waals surface area contributed by atoms with Crippen LogP contribution in [0.4, 0.5) is 5.69 Å². The van der Waals surface area contributed by atoms with Crippen LogP contribution in [-0.4, -0.2) is 5.91 Å². The number of nitrogens with one attached hydrogen (secondary N) is 1. The summed E-state index contributed by atoms with van der Waals surface area (Å²) in [4.78, 5) is 12.3. The molecule has 1 amide bonds. The maximum Gasteiger partial charge on any atom is 0.251 e. The summed E-state index contributed by atoms with van der Waals surface area (Å²) in [6, 6.07) is 12.6. The number of benzene rings is 2. The molecule has 0 fully saturated rings. The number of anilines is 1. The Morgan fingerprint density at radius 1 is 1.33 bits per heavy atom. The van der Waals surface area contributed by atoms with E-state index in [0.717, 1.165) is 16.5 Å². The molecule has 0 bridgehead atoms. The first-order chi connectivity index (χ1) is 10.0. The molecule has 0 aliphatic rings. The summed E-state index contributed by atoms with van der Waals surface area (Å²) in [5, 5.41) is 3.66. The Bertz CT molecular complexity index is 660. The Kier molecular flexibility index (Phi) is 5.26. The fraction of sp³-hybridized carbons (Fsp3) is 0.188. The Morgan fingerprint density at radius 2 is 2.10 bits per heavy atom. The molecule has 0 saturated heterocycles. The molecule has 2 aromatic carbocycles. The van der Waals surface area contributed by atoms with Crippen LogP contribution < -0.4 is 11.1 Å². The normalized spacial score (nSPS) is 12.0. The molecule has 3 N–H and O–H groups in total. The number of hydrogen-bond donors (Lipinski definition) is 2. The number of carbonyl (C=O) groups is 1. The summed E-state index contributed by atoms with van der Waals surface area (Å²) in [6.45, 7) is 2.02. The molecule has 0 heterocycles. The van der Waals surface area contributed by atoms with Crippen LogP contribution in [0.5, 0.6) is 0 Å². The first-order valence-electron chi connectivity index (χ1n) is 6.62. The van der Waals surface area contributed by atoms with E-state index < -0.39 is 0 Å². The minimum atomic E-state index is -0.152. The van der Waals surface area contributed by atoms with Gasteiger partial charge in [-0.15, -0.1) is 0 Å². The quantitative estimate of drug-likeness (QED) is 0.778. The second-order valence-corrected chi connectivity index (χ2v) is 6.02. The summed E-state index contributed by atoms with van der Waals surface area (Å²) in [6.07, 6.45) is 0.776. The highest BCUT2D eigenvalue weighted by molar-refractivity contribution is 9.10. The van der Waals surface area contributed by atoms with Gasteiger partial charge in [-0.3, -0.25) is 4.79 Å². The maximum absolute atomic E-state index is 12.3. The van der Waals surface area contributed by atoms with Crippen LogP contribution in [-0.2, 0) is 0 Å². The minimum absolute atomic E-state index is 0.0823. The lowest BCUT2D eigenvalue weighted by atomic mass is 10.0. The summed E-state index contributed by atoms with van der Waals surface area (Å²) in [5.41, 5.74) is 7.88. The van der Waals surface area contributed by atoms with Gasteiger partial charge < -0.3 is 11.1 Å². The van der Waals surface area contributed by atoms with E-state index in [-0.39, 0.29) is 11.9 Å². The van der Waals surface area contributed by atoms with Crippen molar-refractivity contribution >= 4 is 39.1 Å². The summed E-state index contributed by atoms with van der Waals surface area (Å²) in [5.74, 6) is -0.152. The number of rotatable bonds is 4. The fourth-order valence-electron chi connectivity index (χ4n) is 2.07. The van der Waals surface area contributed by atoms with E-state index in [2.05, 4.69) is 21.2 Å². The van der Waals surface area contributed by atoms with Crippen LogP contribution in [0.25, 0.3) is 0 Å². The molecule has 1 atom stereocenters. The molecule has 0 saturated carbocycles. The number of nitrogens with two attached hydrogens (primary N) is 1. The monoisotopic (exact) mass is 366 g/mol. The molecule has 0 aromatic heterocycles. The smallest absolute Gasteiger partial charge is 0.251 e. The van der Waals surface area contributed by atoms with Gasteiger partial charge in [-0.1, -0.05) is 30.7 Å². The van der Waals surface area contributed by atoms with E-state index in [1.54, 1.807) is 18.2 Å². The zero-order valence-corrected chi connectivity index (χ0v) is 13.9. The van der Waals surface area contributed by atoms with Gasteiger partial charge in [-0.2, -0.15) is 0 Å². The van der Waals surface area contributed by atoms with E-state index in [1.165, 1.54) is 0 Å². The van der Waals surface area contributed by atoms with Crippen molar-refractivity contribution in [1.82, 2.24) is 5.32 Å². The van der Waals surface area contributed by atoms with Gasteiger partial charge in [0.05, 0.1) is 6.04 Å². The Labute approximate surface area is 137 Å². The van der Waals surface area contributed by atoms with Gasteiger partial charge in [-0.05, 0) is 58.2 Å². The van der Waals surface area contributed by atoms with Gasteiger partial charge >= 0.3 is 0 Å². The van der Waals surface area contributed by atoms with Gasteiger partial charge in [0.2, 0.25) is 0 Å². The van der Waals surface area contributed by atoms with Gasteiger partial charge in [0.1, 0.15) is 0 Å². The highest BCUT2D eigenvalue weighted by Gasteiger charge is 2.15. The van der Waals surface area contributed by atoms with Crippen molar-refractivity contribution in [3.8, 4) is 0 Å². The number of nitrogen functional groups attached to an aromatic ring is 1. The molecule has 0 aliphatic heterocycles. The van der Waals surface area contributed by atoms with Gasteiger partial charge in [0.15, 0.2) is 0 Å². The molecule has 21 heavy (non-hydrogen) atoms. The minimum Gasteiger partial charge on any atom is -0.398 e. The second kappa shape index (κ2) is 6.96. The van der Waals surface area contributed by atoms with E-state index >= 15 is 0 Å².